The summed E-state index contributed by atoms with van der Waals surface area (Å²) in [6.45, 7) is 2.82. The van der Waals surface area contributed by atoms with E-state index in [9.17, 15) is 0 Å². The Labute approximate surface area is 90.9 Å². The van der Waals surface area contributed by atoms with Crippen molar-refractivity contribution in [2.75, 3.05) is 13.6 Å². The Bertz CT molecular complexity index is 430. The van der Waals surface area contributed by atoms with Crippen molar-refractivity contribution < 1.29 is 0 Å². The van der Waals surface area contributed by atoms with Crippen LogP contribution in [-0.4, -0.2) is 13.6 Å². The Kier molecular flexibility index (Phi) is 4.41. The maximum absolute atomic E-state index is 8.84. The molecule has 0 aliphatic carbocycles. The van der Waals surface area contributed by atoms with E-state index in [1.165, 1.54) is 0 Å². The molecule has 2 nitrogen and oxygen atoms in total. The fourth-order valence-corrected chi connectivity index (χ4v) is 1.24. The summed E-state index contributed by atoms with van der Waals surface area (Å²) in [6, 6.07) is 7.79. The smallest absolute Gasteiger partial charge is 0.0994 e. The van der Waals surface area contributed by atoms with Crippen molar-refractivity contribution in [3.63, 3.8) is 0 Å². The molecular formula is C13H14N2. The van der Waals surface area contributed by atoms with Gasteiger partial charge in [0, 0.05) is 18.5 Å². The van der Waals surface area contributed by atoms with Gasteiger partial charge in [0.15, 0.2) is 0 Å². The van der Waals surface area contributed by atoms with Crippen molar-refractivity contribution in [1.29, 1.82) is 5.26 Å². The highest BCUT2D eigenvalue weighted by Crippen LogP contribution is 2.11. The minimum atomic E-state index is 0.704. The van der Waals surface area contributed by atoms with Gasteiger partial charge in [-0.3, -0.25) is 0 Å². The molecule has 0 fully saturated rings. The van der Waals surface area contributed by atoms with E-state index in [-0.39, 0.29) is 0 Å². The molecule has 0 saturated heterocycles. The van der Waals surface area contributed by atoms with Crippen molar-refractivity contribution >= 4 is 0 Å². The average molecular weight is 198 g/mol. The van der Waals surface area contributed by atoms with Crippen LogP contribution >= 0.6 is 0 Å². The van der Waals surface area contributed by atoms with Crippen LogP contribution in [0, 0.1) is 30.1 Å². The number of nitrogens with one attached hydrogen (secondary N) is 1. The van der Waals surface area contributed by atoms with Gasteiger partial charge in [-0.25, -0.2) is 0 Å². The Morgan fingerprint density at radius 3 is 2.73 bits per heavy atom. The second kappa shape index (κ2) is 5.86. The second-order valence-electron chi connectivity index (χ2n) is 3.25. The van der Waals surface area contributed by atoms with Crippen LogP contribution in [0.5, 0.6) is 0 Å². The topological polar surface area (TPSA) is 35.8 Å². The predicted octanol–water partition coefficient (Wildman–Crippen LogP) is 1.83. The number of nitriles is 1. The fraction of sp³-hybridized carbons (Fsp3) is 0.308. The first-order valence-electron chi connectivity index (χ1n) is 4.92. The summed E-state index contributed by atoms with van der Waals surface area (Å²) in [5.41, 5.74) is 2.62. The van der Waals surface area contributed by atoms with E-state index >= 15 is 0 Å². The Balaban J connectivity index is 2.85. The van der Waals surface area contributed by atoms with Gasteiger partial charge in [0.25, 0.3) is 0 Å². The van der Waals surface area contributed by atoms with E-state index in [4.69, 9.17) is 5.26 Å². The van der Waals surface area contributed by atoms with E-state index in [0.29, 0.717) is 5.56 Å². The highest BCUT2D eigenvalue weighted by molar-refractivity contribution is 5.49. The van der Waals surface area contributed by atoms with Gasteiger partial charge in [-0.05, 0) is 31.7 Å². The van der Waals surface area contributed by atoms with E-state index in [1.807, 2.05) is 32.2 Å². The van der Waals surface area contributed by atoms with E-state index in [2.05, 4.69) is 23.2 Å². The lowest BCUT2D eigenvalue weighted by Gasteiger charge is -1.99. The molecule has 1 aromatic rings. The first-order chi connectivity index (χ1) is 7.29. The van der Waals surface area contributed by atoms with E-state index in [0.717, 1.165) is 24.1 Å². The number of nitrogens with zero attached hydrogens (tertiary/aromatic N) is 1. The van der Waals surface area contributed by atoms with Crippen LogP contribution in [0.4, 0.5) is 0 Å². The highest BCUT2D eigenvalue weighted by Gasteiger charge is 1.99. The number of benzene rings is 1. The predicted molar refractivity (Wildman–Crippen MR) is 61.3 cm³/mol. The number of hydrogen-bond acceptors (Lipinski definition) is 2. The molecule has 1 aromatic carbocycles. The van der Waals surface area contributed by atoms with Crippen molar-refractivity contribution in [3.8, 4) is 17.9 Å². The van der Waals surface area contributed by atoms with Gasteiger partial charge in [-0.1, -0.05) is 17.9 Å². The van der Waals surface area contributed by atoms with Crippen LogP contribution in [0.1, 0.15) is 23.1 Å². The lowest BCUT2D eigenvalue weighted by molar-refractivity contribution is 0.818. The minimum absolute atomic E-state index is 0.704. The zero-order valence-corrected chi connectivity index (χ0v) is 9.09. The summed E-state index contributed by atoms with van der Waals surface area (Å²) in [7, 11) is 1.91. The lowest BCUT2D eigenvalue weighted by Crippen LogP contribution is -2.05. The lowest BCUT2D eigenvalue weighted by atomic mass is 10.0. The van der Waals surface area contributed by atoms with Gasteiger partial charge >= 0.3 is 0 Å². The molecule has 1 rings (SSSR count). The summed E-state index contributed by atoms with van der Waals surface area (Å²) < 4.78 is 0. The molecule has 0 saturated carbocycles. The Morgan fingerprint density at radius 2 is 2.07 bits per heavy atom. The molecule has 1 N–H and O–H groups in total. The normalized spacial score (nSPS) is 8.87. The van der Waals surface area contributed by atoms with Crippen molar-refractivity contribution in [3.05, 3.63) is 34.9 Å². The molecule has 0 spiro atoms. The molecule has 0 aliphatic rings. The summed E-state index contributed by atoms with van der Waals surface area (Å²) in [5, 5.41) is 11.9. The summed E-state index contributed by atoms with van der Waals surface area (Å²) >= 11 is 0. The van der Waals surface area contributed by atoms with Gasteiger partial charge in [-0.2, -0.15) is 5.26 Å². The third kappa shape index (κ3) is 3.13. The monoisotopic (exact) mass is 198 g/mol. The van der Waals surface area contributed by atoms with Crippen LogP contribution in [0.25, 0.3) is 0 Å². The number of rotatable bonds is 2. The largest absolute Gasteiger partial charge is 0.319 e. The molecule has 0 unspecified atom stereocenters. The summed E-state index contributed by atoms with van der Waals surface area (Å²) in [6.07, 6.45) is 0.826. The van der Waals surface area contributed by atoms with Gasteiger partial charge in [0.1, 0.15) is 0 Å². The molecule has 76 valence electrons. The molecule has 0 bridgehead atoms. The van der Waals surface area contributed by atoms with E-state index < -0.39 is 0 Å². The molecule has 0 atom stereocenters. The molecule has 0 radical (unpaired) electrons. The summed E-state index contributed by atoms with van der Waals surface area (Å²) in [4.78, 5) is 0. The average Bonchev–Trinajstić information content (AvgIpc) is 2.26. The molecule has 0 aliphatic heterocycles. The molecule has 2 heteroatoms. The van der Waals surface area contributed by atoms with Crippen LogP contribution in [0.2, 0.25) is 0 Å². The SMILES string of the molecule is CNCCC#Cc1cccc(C#N)c1C. The van der Waals surface area contributed by atoms with E-state index in [1.54, 1.807) is 0 Å². The Morgan fingerprint density at radius 1 is 1.33 bits per heavy atom. The van der Waals surface area contributed by atoms with Crippen LogP contribution in [0.3, 0.4) is 0 Å². The minimum Gasteiger partial charge on any atom is -0.319 e. The third-order valence-electron chi connectivity index (χ3n) is 2.18. The van der Waals surface area contributed by atoms with Crippen molar-refractivity contribution in [2.45, 2.75) is 13.3 Å². The maximum atomic E-state index is 8.84. The quantitative estimate of drug-likeness (QED) is 0.581. The zero-order valence-electron chi connectivity index (χ0n) is 9.09. The van der Waals surface area contributed by atoms with Crippen molar-refractivity contribution in [2.24, 2.45) is 0 Å². The highest BCUT2D eigenvalue weighted by atomic mass is 14.8. The first-order valence-corrected chi connectivity index (χ1v) is 4.92. The summed E-state index contributed by atoms with van der Waals surface area (Å²) in [5.74, 6) is 6.15. The molecular weight excluding hydrogens is 184 g/mol. The van der Waals surface area contributed by atoms with Gasteiger partial charge in [-0.15, -0.1) is 0 Å². The first kappa shape index (κ1) is 11.3. The fourth-order valence-electron chi connectivity index (χ4n) is 1.24. The molecule has 0 aromatic heterocycles. The van der Waals surface area contributed by atoms with Crippen LogP contribution in [0.15, 0.2) is 18.2 Å². The molecule has 15 heavy (non-hydrogen) atoms. The standard InChI is InChI=1S/C13H14N2/c1-11-12(6-3-4-9-15-2)7-5-8-13(11)10-14/h5,7-8,15H,4,9H2,1-2H3. The van der Waals surface area contributed by atoms with Crippen molar-refractivity contribution in [1.82, 2.24) is 5.32 Å². The van der Waals surface area contributed by atoms with Gasteiger partial charge in [0.2, 0.25) is 0 Å². The van der Waals surface area contributed by atoms with Gasteiger partial charge in [0.05, 0.1) is 11.6 Å². The maximum Gasteiger partial charge on any atom is 0.0994 e. The van der Waals surface area contributed by atoms with Crippen LogP contribution in [-0.2, 0) is 0 Å². The molecule has 0 amide bonds. The molecule has 0 heterocycles. The second-order valence-corrected chi connectivity index (χ2v) is 3.25. The number of hydrogen-bond donors (Lipinski definition) is 1. The Hall–Kier alpha value is -1.77. The van der Waals surface area contributed by atoms with Crippen LogP contribution < -0.4 is 5.32 Å². The van der Waals surface area contributed by atoms with Gasteiger partial charge < -0.3 is 5.32 Å². The zero-order chi connectivity index (χ0) is 11.1. The third-order valence-corrected chi connectivity index (χ3v) is 2.18.